The molecule has 0 radical (unpaired) electrons. The summed E-state index contributed by atoms with van der Waals surface area (Å²) in [5, 5.41) is 2.17. The highest BCUT2D eigenvalue weighted by atomic mass is 32.2. The van der Waals surface area contributed by atoms with Crippen LogP contribution in [0.4, 0.5) is 9.18 Å². The van der Waals surface area contributed by atoms with Gasteiger partial charge in [0.05, 0.1) is 18.6 Å². The van der Waals surface area contributed by atoms with E-state index < -0.39 is 22.9 Å². The van der Waals surface area contributed by atoms with Gasteiger partial charge in [0.2, 0.25) is 0 Å². The molecule has 33 heavy (non-hydrogen) atoms. The number of hydrogen-bond acceptors (Lipinski definition) is 7. The Balaban J connectivity index is 1.52. The number of thioether (sulfide) groups is 1. The molecule has 10 heteroatoms. The van der Waals surface area contributed by atoms with Crippen molar-refractivity contribution in [2.45, 2.75) is 6.92 Å². The molecular weight excluding hydrogens is 451 g/mol. The fourth-order valence-electron chi connectivity index (χ4n) is 2.93. The number of imide groups is 1. The second-order valence-corrected chi connectivity index (χ2v) is 7.76. The van der Waals surface area contributed by atoms with E-state index in [0.717, 1.165) is 16.7 Å². The number of nitrogens with one attached hydrogen (secondary N) is 1. The van der Waals surface area contributed by atoms with Gasteiger partial charge in [-0.25, -0.2) is 4.39 Å². The predicted molar refractivity (Wildman–Crippen MR) is 122 cm³/mol. The van der Waals surface area contributed by atoms with Crippen LogP contribution in [0, 0.1) is 5.82 Å². The zero-order chi connectivity index (χ0) is 23.8. The Hall–Kier alpha value is -3.53. The lowest BCUT2D eigenvalue weighted by Crippen LogP contribution is -2.38. The van der Waals surface area contributed by atoms with Crippen molar-refractivity contribution < 1.29 is 33.0 Å². The zero-order valence-electron chi connectivity index (χ0n) is 18.1. The Morgan fingerprint density at radius 3 is 2.58 bits per heavy atom. The summed E-state index contributed by atoms with van der Waals surface area (Å²) >= 11 is 0.831. The molecule has 174 valence electrons. The minimum atomic E-state index is -0.435. The van der Waals surface area contributed by atoms with E-state index >= 15 is 0 Å². The van der Waals surface area contributed by atoms with Gasteiger partial charge in [0.15, 0.2) is 18.1 Å². The summed E-state index contributed by atoms with van der Waals surface area (Å²) in [4.78, 5) is 38.2. The first kappa shape index (κ1) is 24.1. The van der Waals surface area contributed by atoms with E-state index in [1.54, 1.807) is 24.3 Å². The van der Waals surface area contributed by atoms with E-state index in [2.05, 4.69) is 5.32 Å². The third-order valence-corrected chi connectivity index (χ3v) is 5.41. The molecule has 3 rings (SSSR count). The van der Waals surface area contributed by atoms with Crippen molar-refractivity contribution in [1.82, 2.24) is 10.2 Å². The van der Waals surface area contributed by atoms with Crippen LogP contribution in [0.1, 0.15) is 12.5 Å². The minimum absolute atomic E-state index is 0.0247. The molecule has 8 nitrogen and oxygen atoms in total. The van der Waals surface area contributed by atoms with Gasteiger partial charge in [-0.3, -0.25) is 19.3 Å². The first-order valence-corrected chi connectivity index (χ1v) is 10.9. The lowest BCUT2D eigenvalue weighted by molar-refractivity contribution is -0.125. The monoisotopic (exact) mass is 474 g/mol. The van der Waals surface area contributed by atoms with Crippen molar-refractivity contribution in [3.05, 3.63) is 58.8 Å². The molecule has 1 aliphatic rings. The number of ether oxygens (including phenoxy) is 3. The maximum atomic E-state index is 12.9. The van der Waals surface area contributed by atoms with Gasteiger partial charge in [0.25, 0.3) is 17.1 Å². The second kappa shape index (κ2) is 11.4. The van der Waals surface area contributed by atoms with Gasteiger partial charge in [0, 0.05) is 13.1 Å². The van der Waals surface area contributed by atoms with Gasteiger partial charge >= 0.3 is 0 Å². The van der Waals surface area contributed by atoms with E-state index in [0.29, 0.717) is 29.4 Å². The van der Waals surface area contributed by atoms with Gasteiger partial charge in [-0.05, 0) is 66.7 Å². The van der Waals surface area contributed by atoms with Gasteiger partial charge < -0.3 is 19.5 Å². The standard InChI is InChI=1S/C23H23FN2O6S/c1-3-31-18-9-4-15(12-19(18)30-2)13-20-22(28)26(23(29)33-20)11-10-25-21(27)14-32-17-7-5-16(24)6-8-17/h4-9,12-13H,3,10-11,14H2,1-2H3,(H,25,27)/b20-13-. The van der Waals surface area contributed by atoms with E-state index in [1.807, 2.05) is 6.92 Å². The van der Waals surface area contributed by atoms with E-state index in [9.17, 15) is 18.8 Å². The number of nitrogens with zero attached hydrogens (tertiary/aromatic N) is 1. The number of halogens is 1. The SMILES string of the molecule is CCOc1ccc(/C=C2\SC(=O)N(CCNC(=O)COc3ccc(F)cc3)C2=O)cc1OC. The van der Waals surface area contributed by atoms with Gasteiger partial charge in [-0.15, -0.1) is 0 Å². The lowest BCUT2D eigenvalue weighted by atomic mass is 10.2. The summed E-state index contributed by atoms with van der Waals surface area (Å²) in [6.07, 6.45) is 1.61. The summed E-state index contributed by atoms with van der Waals surface area (Å²) in [6, 6.07) is 10.5. The van der Waals surface area contributed by atoms with E-state index in [-0.39, 0.29) is 24.6 Å². The van der Waals surface area contributed by atoms with Crippen LogP contribution >= 0.6 is 11.8 Å². The zero-order valence-corrected chi connectivity index (χ0v) is 18.9. The Morgan fingerprint density at radius 1 is 1.12 bits per heavy atom. The minimum Gasteiger partial charge on any atom is -0.493 e. The van der Waals surface area contributed by atoms with Crippen LogP contribution in [0.25, 0.3) is 6.08 Å². The van der Waals surface area contributed by atoms with Crippen LogP contribution in [0.5, 0.6) is 17.2 Å². The number of rotatable bonds is 10. The number of methoxy groups -OCH3 is 1. The van der Waals surface area contributed by atoms with Gasteiger partial charge in [-0.1, -0.05) is 6.07 Å². The fraction of sp³-hybridized carbons (Fsp3) is 0.261. The molecule has 0 aliphatic carbocycles. The molecule has 0 spiro atoms. The highest BCUT2D eigenvalue weighted by Crippen LogP contribution is 2.34. The average Bonchev–Trinajstić information content (AvgIpc) is 3.07. The third-order valence-electron chi connectivity index (χ3n) is 4.50. The van der Waals surface area contributed by atoms with Crippen LogP contribution in [0.3, 0.4) is 0 Å². The lowest BCUT2D eigenvalue weighted by Gasteiger charge is -2.13. The molecule has 1 aliphatic heterocycles. The molecule has 0 unspecified atom stereocenters. The van der Waals surface area contributed by atoms with E-state index in [1.165, 1.54) is 31.4 Å². The van der Waals surface area contributed by atoms with Gasteiger partial charge in [0.1, 0.15) is 11.6 Å². The highest BCUT2D eigenvalue weighted by molar-refractivity contribution is 8.18. The summed E-state index contributed by atoms with van der Waals surface area (Å²) in [7, 11) is 1.52. The molecule has 0 atom stereocenters. The summed E-state index contributed by atoms with van der Waals surface area (Å²) < 4.78 is 28.9. The Morgan fingerprint density at radius 2 is 1.88 bits per heavy atom. The van der Waals surface area contributed by atoms with Crippen molar-refractivity contribution in [3.8, 4) is 17.2 Å². The molecule has 1 heterocycles. The first-order chi connectivity index (χ1) is 15.9. The smallest absolute Gasteiger partial charge is 0.293 e. The summed E-state index contributed by atoms with van der Waals surface area (Å²) in [6.45, 7) is 2.19. The van der Waals surface area contributed by atoms with Crippen molar-refractivity contribution >= 4 is 34.9 Å². The molecule has 0 bridgehead atoms. The first-order valence-electron chi connectivity index (χ1n) is 10.1. The van der Waals surface area contributed by atoms with Crippen LogP contribution in [0.2, 0.25) is 0 Å². The molecule has 0 saturated carbocycles. The largest absolute Gasteiger partial charge is 0.493 e. The average molecular weight is 475 g/mol. The number of carbonyl (C=O) groups is 3. The second-order valence-electron chi connectivity index (χ2n) is 6.77. The topological polar surface area (TPSA) is 94.2 Å². The summed E-state index contributed by atoms with van der Waals surface area (Å²) in [5.74, 6) is 0.200. The molecule has 1 fully saturated rings. The molecule has 2 aromatic carbocycles. The molecule has 3 amide bonds. The number of amides is 3. The summed E-state index contributed by atoms with van der Waals surface area (Å²) in [5.41, 5.74) is 0.687. The van der Waals surface area contributed by atoms with E-state index in [4.69, 9.17) is 14.2 Å². The Bertz CT molecular complexity index is 1060. The van der Waals surface area contributed by atoms with Gasteiger partial charge in [-0.2, -0.15) is 0 Å². The van der Waals surface area contributed by atoms with Crippen molar-refractivity contribution in [2.75, 3.05) is 33.4 Å². The quantitative estimate of drug-likeness (QED) is 0.527. The van der Waals surface area contributed by atoms with Crippen molar-refractivity contribution in [3.63, 3.8) is 0 Å². The van der Waals surface area contributed by atoms with Crippen LogP contribution < -0.4 is 19.5 Å². The molecule has 0 aromatic heterocycles. The fourth-order valence-corrected chi connectivity index (χ4v) is 3.80. The third kappa shape index (κ3) is 6.48. The van der Waals surface area contributed by atoms with Crippen LogP contribution in [-0.2, 0) is 9.59 Å². The number of hydrogen-bond donors (Lipinski definition) is 1. The molecule has 1 saturated heterocycles. The highest BCUT2D eigenvalue weighted by Gasteiger charge is 2.34. The molecular formula is C23H23FN2O6S. The van der Waals surface area contributed by atoms with Crippen LogP contribution in [0.15, 0.2) is 47.4 Å². The number of carbonyl (C=O) groups excluding carboxylic acids is 3. The normalized spacial score (nSPS) is 14.5. The Kier molecular flexibility index (Phi) is 8.31. The van der Waals surface area contributed by atoms with Crippen molar-refractivity contribution in [1.29, 1.82) is 0 Å². The predicted octanol–water partition coefficient (Wildman–Crippen LogP) is 3.46. The van der Waals surface area contributed by atoms with Crippen LogP contribution in [-0.4, -0.2) is 55.4 Å². The molecule has 1 N–H and O–H groups in total. The van der Waals surface area contributed by atoms with Crippen molar-refractivity contribution in [2.24, 2.45) is 0 Å². The maximum absolute atomic E-state index is 12.9. The maximum Gasteiger partial charge on any atom is 0.293 e. The Labute approximate surface area is 194 Å². The number of benzene rings is 2. The molecule has 2 aromatic rings.